The average molecular weight is 434 g/mol. The molecule has 154 valence electrons. The summed E-state index contributed by atoms with van der Waals surface area (Å²) in [7, 11) is 0. The number of benzene rings is 2. The summed E-state index contributed by atoms with van der Waals surface area (Å²) in [5.74, 6) is 0.0208. The number of halogens is 2. The van der Waals surface area contributed by atoms with E-state index in [9.17, 15) is 9.59 Å². The Morgan fingerprint density at radius 3 is 2.31 bits per heavy atom. The van der Waals surface area contributed by atoms with Gasteiger partial charge in [-0.25, -0.2) is 4.79 Å². The van der Waals surface area contributed by atoms with E-state index in [0.717, 1.165) is 18.4 Å². The zero-order chi connectivity index (χ0) is 21.0. The lowest BCUT2D eigenvalue weighted by Crippen LogP contribution is -2.43. The van der Waals surface area contributed by atoms with Crippen molar-refractivity contribution in [3.63, 3.8) is 0 Å². The Hall–Kier alpha value is -2.24. The van der Waals surface area contributed by atoms with Gasteiger partial charge in [0.25, 0.3) is 0 Å². The molecule has 0 aliphatic carbocycles. The Morgan fingerprint density at radius 2 is 1.69 bits per heavy atom. The Kier molecular flexibility index (Phi) is 7.04. The number of amides is 3. The first-order valence-electron chi connectivity index (χ1n) is 9.72. The van der Waals surface area contributed by atoms with Gasteiger partial charge in [-0.2, -0.15) is 0 Å². The summed E-state index contributed by atoms with van der Waals surface area (Å²) in [5.41, 5.74) is 2.39. The highest BCUT2D eigenvalue weighted by Crippen LogP contribution is 2.28. The molecular weight excluding hydrogens is 409 g/mol. The fourth-order valence-electron chi connectivity index (χ4n) is 3.52. The largest absolute Gasteiger partial charge is 0.325 e. The number of hydrogen-bond donors (Lipinski definition) is 2. The summed E-state index contributed by atoms with van der Waals surface area (Å²) >= 11 is 12.1. The molecule has 0 unspecified atom stereocenters. The van der Waals surface area contributed by atoms with Crippen LogP contribution in [0.3, 0.4) is 0 Å². The molecule has 0 aromatic heterocycles. The van der Waals surface area contributed by atoms with Gasteiger partial charge in [-0.1, -0.05) is 36.2 Å². The van der Waals surface area contributed by atoms with Crippen LogP contribution in [0.25, 0.3) is 0 Å². The second-order valence-corrected chi connectivity index (χ2v) is 8.37. The van der Waals surface area contributed by atoms with Crippen LogP contribution in [0.2, 0.25) is 10.0 Å². The van der Waals surface area contributed by atoms with Crippen LogP contribution in [0.5, 0.6) is 0 Å². The van der Waals surface area contributed by atoms with E-state index in [1.165, 1.54) is 0 Å². The quantitative estimate of drug-likeness (QED) is 0.637. The predicted octanol–water partition coefficient (Wildman–Crippen LogP) is 5.82. The van der Waals surface area contributed by atoms with E-state index < -0.39 is 0 Å². The van der Waals surface area contributed by atoms with Crippen molar-refractivity contribution in [1.82, 2.24) is 4.90 Å². The molecule has 2 aromatic rings. The normalized spacial score (nSPS) is 15.7. The first-order chi connectivity index (χ1) is 13.8. The van der Waals surface area contributed by atoms with Crippen LogP contribution in [0.1, 0.15) is 25.3 Å². The monoisotopic (exact) mass is 433 g/mol. The SMILES string of the molecule is Cc1ccc(NC(=O)[C@@H](C)C2CCN(C(=O)Nc3ccc(Cl)cc3)CC2)c(Cl)c1. The van der Waals surface area contributed by atoms with E-state index >= 15 is 0 Å². The van der Waals surface area contributed by atoms with Crippen molar-refractivity contribution in [2.75, 3.05) is 23.7 Å². The molecule has 7 heteroatoms. The van der Waals surface area contributed by atoms with Gasteiger partial charge < -0.3 is 15.5 Å². The summed E-state index contributed by atoms with van der Waals surface area (Å²) in [6, 6.07) is 12.5. The molecule has 0 saturated carbocycles. The standard InChI is InChI=1S/C22H25Cl2N3O2/c1-14-3-8-20(19(24)13-14)26-21(28)15(2)16-9-11-27(12-10-16)22(29)25-18-6-4-17(23)5-7-18/h3-8,13,15-16H,9-12H2,1-2H3,(H,25,29)(H,26,28)/t15-/m0/s1. The van der Waals surface area contributed by atoms with Gasteiger partial charge in [0.05, 0.1) is 10.7 Å². The lowest BCUT2D eigenvalue weighted by molar-refractivity contribution is -0.121. The molecule has 3 amide bonds. The zero-order valence-corrected chi connectivity index (χ0v) is 18.1. The fourth-order valence-corrected chi connectivity index (χ4v) is 3.93. The second kappa shape index (κ2) is 9.51. The molecule has 1 aliphatic heterocycles. The van der Waals surface area contributed by atoms with Gasteiger partial charge in [0.15, 0.2) is 0 Å². The van der Waals surface area contributed by atoms with E-state index in [1.807, 2.05) is 32.0 Å². The van der Waals surface area contributed by atoms with Crippen LogP contribution < -0.4 is 10.6 Å². The number of nitrogens with zero attached hydrogens (tertiary/aromatic N) is 1. The minimum Gasteiger partial charge on any atom is -0.325 e. The first-order valence-corrected chi connectivity index (χ1v) is 10.5. The Bertz CT molecular complexity index is 878. The van der Waals surface area contributed by atoms with E-state index in [1.54, 1.807) is 29.2 Å². The number of likely N-dealkylation sites (tertiary alicyclic amines) is 1. The maximum Gasteiger partial charge on any atom is 0.321 e. The highest BCUT2D eigenvalue weighted by molar-refractivity contribution is 6.33. The summed E-state index contributed by atoms with van der Waals surface area (Å²) in [4.78, 5) is 26.9. The molecule has 0 radical (unpaired) electrons. The van der Waals surface area contributed by atoms with Gasteiger partial charge in [-0.05, 0) is 67.6 Å². The van der Waals surface area contributed by atoms with Crippen LogP contribution in [0, 0.1) is 18.8 Å². The predicted molar refractivity (Wildman–Crippen MR) is 119 cm³/mol. The van der Waals surface area contributed by atoms with Gasteiger partial charge in [0.1, 0.15) is 0 Å². The maximum atomic E-state index is 12.7. The Balaban J connectivity index is 1.50. The third-order valence-electron chi connectivity index (χ3n) is 5.43. The van der Waals surface area contributed by atoms with Crippen LogP contribution in [-0.2, 0) is 4.79 Å². The Morgan fingerprint density at radius 1 is 1.03 bits per heavy atom. The van der Waals surface area contributed by atoms with Crippen LogP contribution in [-0.4, -0.2) is 29.9 Å². The van der Waals surface area contributed by atoms with E-state index in [0.29, 0.717) is 34.5 Å². The number of carbonyl (C=O) groups excluding carboxylic acids is 2. The molecule has 0 spiro atoms. The van der Waals surface area contributed by atoms with Crippen LogP contribution in [0.4, 0.5) is 16.2 Å². The number of aryl methyl sites for hydroxylation is 1. The van der Waals surface area contributed by atoms with E-state index in [2.05, 4.69) is 10.6 Å². The summed E-state index contributed by atoms with van der Waals surface area (Å²) in [5, 5.41) is 6.98. The third-order valence-corrected chi connectivity index (χ3v) is 5.99. The molecule has 3 rings (SSSR count). The van der Waals surface area contributed by atoms with Crippen molar-refractivity contribution in [2.24, 2.45) is 11.8 Å². The van der Waals surface area contributed by atoms with Gasteiger partial charge in [-0.15, -0.1) is 0 Å². The van der Waals surface area contributed by atoms with Gasteiger partial charge in [0.2, 0.25) is 5.91 Å². The summed E-state index contributed by atoms with van der Waals surface area (Å²) < 4.78 is 0. The highest BCUT2D eigenvalue weighted by atomic mass is 35.5. The molecule has 1 aliphatic rings. The van der Waals surface area contributed by atoms with Crippen molar-refractivity contribution < 1.29 is 9.59 Å². The Labute approximate surface area is 181 Å². The minimum atomic E-state index is -0.158. The third kappa shape index (κ3) is 5.64. The zero-order valence-electron chi connectivity index (χ0n) is 16.5. The van der Waals surface area contributed by atoms with Crippen molar-refractivity contribution in [3.05, 3.63) is 58.1 Å². The van der Waals surface area contributed by atoms with Gasteiger partial charge in [-0.3, -0.25) is 4.79 Å². The molecule has 2 aromatic carbocycles. The van der Waals surface area contributed by atoms with Gasteiger partial charge in [0, 0.05) is 29.7 Å². The number of urea groups is 1. The topological polar surface area (TPSA) is 61.4 Å². The number of nitrogens with one attached hydrogen (secondary N) is 2. The van der Waals surface area contributed by atoms with Crippen molar-refractivity contribution >= 4 is 46.5 Å². The molecular formula is C22H25Cl2N3O2. The van der Waals surface area contributed by atoms with E-state index in [4.69, 9.17) is 23.2 Å². The molecule has 1 saturated heterocycles. The first kappa shape index (κ1) is 21.5. The number of anilines is 2. The molecule has 2 N–H and O–H groups in total. The molecule has 29 heavy (non-hydrogen) atoms. The average Bonchev–Trinajstić information content (AvgIpc) is 2.71. The molecule has 1 heterocycles. The number of rotatable bonds is 4. The van der Waals surface area contributed by atoms with Crippen molar-refractivity contribution in [1.29, 1.82) is 0 Å². The minimum absolute atomic E-state index is 0.0418. The van der Waals surface area contributed by atoms with Crippen molar-refractivity contribution in [2.45, 2.75) is 26.7 Å². The van der Waals surface area contributed by atoms with E-state index in [-0.39, 0.29) is 23.8 Å². The molecule has 1 fully saturated rings. The lowest BCUT2D eigenvalue weighted by Gasteiger charge is -2.34. The van der Waals surface area contributed by atoms with Gasteiger partial charge >= 0.3 is 6.03 Å². The van der Waals surface area contributed by atoms with Crippen molar-refractivity contribution in [3.8, 4) is 0 Å². The lowest BCUT2D eigenvalue weighted by atomic mass is 9.85. The highest BCUT2D eigenvalue weighted by Gasteiger charge is 2.30. The van der Waals surface area contributed by atoms with Crippen LogP contribution >= 0.6 is 23.2 Å². The molecule has 1 atom stereocenters. The molecule has 0 bridgehead atoms. The number of hydrogen-bond acceptors (Lipinski definition) is 2. The van der Waals surface area contributed by atoms with Crippen LogP contribution in [0.15, 0.2) is 42.5 Å². The second-order valence-electron chi connectivity index (χ2n) is 7.52. The maximum absolute atomic E-state index is 12.7. The number of piperidine rings is 1. The summed E-state index contributed by atoms with van der Waals surface area (Å²) in [6.45, 7) is 5.13. The molecule has 5 nitrogen and oxygen atoms in total. The summed E-state index contributed by atoms with van der Waals surface area (Å²) in [6.07, 6.45) is 1.56. The number of carbonyl (C=O) groups is 2. The fraction of sp³-hybridized carbons (Fsp3) is 0.364. The smallest absolute Gasteiger partial charge is 0.321 e.